The van der Waals surface area contributed by atoms with E-state index in [2.05, 4.69) is 15.6 Å². The van der Waals surface area contributed by atoms with Crippen LogP contribution in [0.1, 0.15) is 24.4 Å². The number of aliphatic carboxylic acids is 2. The predicted octanol–water partition coefficient (Wildman–Crippen LogP) is 1.01. The Labute approximate surface area is 176 Å². The Bertz CT molecular complexity index is 1160. The molecule has 0 spiro atoms. The van der Waals surface area contributed by atoms with Crippen molar-refractivity contribution in [1.29, 1.82) is 0 Å². The van der Waals surface area contributed by atoms with Gasteiger partial charge in [-0.05, 0) is 24.1 Å². The maximum Gasteiger partial charge on any atom is 0.326 e. The first-order chi connectivity index (χ1) is 14.9. The zero-order chi connectivity index (χ0) is 22.4. The lowest BCUT2D eigenvalue weighted by molar-refractivity contribution is -0.143. The van der Waals surface area contributed by atoms with E-state index in [1.54, 1.807) is 54.6 Å². The molecule has 3 N–H and O–H groups in total. The first kappa shape index (κ1) is 21.6. The summed E-state index contributed by atoms with van der Waals surface area (Å²) in [5, 5.41) is 28.7. The second-order valence-corrected chi connectivity index (χ2v) is 6.89. The van der Waals surface area contributed by atoms with E-state index >= 15 is 0 Å². The monoisotopic (exact) mass is 424 g/mol. The van der Waals surface area contributed by atoms with Gasteiger partial charge in [0.2, 0.25) is 5.91 Å². The molecule has 1 heterocycles. The molecule has 0 saturated carbocycles. The zero-order valence-corrected chi connectivity index (χ0v) is 16.3. The second kappa shape index (κ2) is 9.61. The number of nitrogens with one attached hydrogen (secondary N) is 1. The van der Waals surface area contributed by atoms with Gasteiger partial charge in [0.1, 0.15) is 17.6 Å². The van der Waals surface area contributed by atoms with Gasteiger partial charge in [-0.1, -0.05) is 47.7 Å². The fourth-order valence-corrected chi connectivity index (χ4v) is 3.13. The van der Waals surface area contributed by atoms with Crippen LogP contribution >= 0.6 is 0 Å². The van der Waals surface area contributed by atoms with E-state index < -0.39 is 41.9 Å². The Morgan fingerprint density at radius 2 is 1.68 bits per heavy atom. The van der Waals surface area contributed by atoms with Gasteiger partial charge in [-0.3, -0.25) is 14.4 Å². The molecule has 160 valence electrons. The van der Waals surface area contributed by atoms with Gasteiger partial charge in [0, 0.05) is 12.8 Å². The number of benzene rings is 2. The summed E-state index contributed by atoms with van der Waals surface area (Å²) in [6.07, 6.45) is -0.673. The van der Waals surface area contributed by atoms with Crippen molar-refractivity contribution in [2.75, 3.05) is 0 Å². The summed E-state index contributed by atoms with van der Waals surface area (Å²) in [5.74, 6) is -3.32. The van der Waals surface area contributed by atoms with Gasteiger partial charge in [-0.15, -0.1) is 5.10 Å². The first-order valence-corrected chi connectivity index (χ1v) is 9.50. The van der Waals surface area contributed by atoms with Crippen LogP contribution in [0, 0.1) is 0 Å². The third-order valence-corrected chi connectivity index (χ3v) is 4.72. The lowest BCUT2D eigenvalue weighted by Gasteiger charge is -2.21. The number of carboxylic acids is 2. The third kappa shape index (κ3) is 5.30. The van der Waals surface area contributed by atoms with Gasteiger partial charge in [-0.25, -0.2) is 4.79 Å². The molecule has 0 fully saturated rings. The van der Waals surface area contributed by atoms with Crippen LogP contribution < -0.4 is 10.9 Å². The van der Waals surface area contributed by atoms with Crippen molar-refractivity contribution in [3.8, 4) is 0 Å². The molecule has 10 nitrogen and oxygen atoms in total. The number of hydrogen-bond acceptors (Lipinski definition) is 6. The average Bonchev–Trinajstić information content (AvgIpc) is 2.76. The molecule has 0 aliphatic rings. The summed E-state index contributed by atoms with van der Waals surface area (Å²) in [6.45, 7) is 0. The minimum absolute atomic E-state index is 0.0604. The maximum absolute atomic E-state index is 13.0. The van der Waals surface area contributed by atoms with E-state index in [0.29, 0.717) is 5.52 Å². The van der Waals surface area contributed by atoms with Crippen LogP contribution in [-0.4, -0.2) is 49.1 Å². The van der Waals surface area contributed by atoms with Gasteiger partial charge in [-0.2, -0.15) is 4.68 Å². The third-order valence-electron chi connectivity index (χ3n) is 4.72. The van der Waals surface area contributed by atoms with Crippen LogP contribution in [-0.2, 0) is 20.8 Å². The molecule has 0 bridgehead atoms. The van der Waals surface area contributed by atoms with E-state index in [1.807, 2.05) is 0 Å². The highest BCUT2D eigenvalue weighted by atomic mass is 16.4. The molecule has 2 unspecified atom stereocenters. The summed E-state index contributed by atoms with van der Waals surface area (Å²) in [7, 11) is 0. The standard InChI is InChI=1S/C21H20N4O6/c26-18(27)11-10-16(21(30)31)22-19(28)17(12-13-6-2-1-3-7-13)25-20(29)14-8-4-5-9-15(14)23-24-25/h1-9,16-17H,10-12H2,(H,22,28)(H,26,27)(H,30,31). The van der Waals surface area contributed by atoms with Crippen LogP contribution in [0.15, 0.2) is 59.4 Å². The van der Waals surface area contributed by atoms with Crippen LogP contribution in [0.4, 0.5) is 0 Å². The SMILES string of the molecule is O=C(O)CCC(NC(=O)C(Cc1ccccc1)n1nnc2ccccc2c1=O)C(=O)O. The number of aromatic nitrogens is 3. The van der Waals surface area contributed by atoms with Crippen molar-refractivity contribution in [1.82, 2.24) is 20.3 Å². The zero-order valence-electron chi connectivity index (χ0n) is 16.3. The molecule has 3 aromatic rings. The normalized spacial score (nSPS) is 12.8. The summed E-state index contributed by atoms with van der Waals surface area (Å²) in [6, 6.07) is 12.8. The summed E-state index contributed by atoms with van der Waals surface area (Å²) < 4.78 is 0.931. The molecule has 1 amide bonds. The van der Waals surface area contributed by atoms with Gasteiger partial charge >= 0.3 is 11.9 Å². The molecular formula is C21H20N4O6. The topological polar surface area (TPSA) is 151 Å². The Hall–Kier alpha value is -4.08. The Morgan fingerprint density at radius 3 is 2.35 bits per heavy atom. The predicted molar refractivity (Wildman–Crippen MR) is 109 cm³/mol. The average molecular weight is 424 g/mol. The first-order valence-electron chi connectivity index (χ1n) is 9.50. The fraction of sp³-hybridized carbons (Fsp3) is 0.238. The van der Waals surface area contributed by atoms with Crippen LogP contribution in [0.2, 0.25) is 0 Å². The van der Waals surface area contributed by atoms with Crippen LogP contribution in [0.25, 0.3) is 10.9 Å². The Morgan fingerprint density at radius 1 is 1.00 bits per heavy atom. The molecular weight excluding hydrogens is 404 g/mol. The Kier molecular flexibility index (Phi) is 6.71. The maximum atomic E-state index is 13.0. The Balaban J connectivity index is 1.97. The molecule has 0 saturated heterocycles. The number of carboxylic acid groups (broad SMARTS) is 2. The van der Waals surface area contributed by atoms with Gasteiger partial charge in [0.05, 0.1) is 5.39 Å². The van der Waals surface area contributed by atoms with Crippen molar-refractivity contribution in [2.45, 2.75) is 31.3 Å². The van der Waals surface area contributed by atoms with Crippen LogP contribution in [0.3, 0.4) is 0 Å². The highest BCUT2D eigenvalue weighted by Gasteiger charge is 2.29. The molecule has 1 aromatic heterocycles. The second-order valence-electron chi connectivity index (χ2n) is 6.89. The summed E-state index contributed by atoms with van der Waals surface area (Å²) in [5.41, 5.74) is 0.550. The number of hydrogen-bond donors (Lipinski definition) is 3. The van der Waals surface area contributed by atoms with E-state index in [9.17, 15) is 24.3 Å². The number of rotatable bonds is 9. The number of fused-ring (bicyclic) bond motifs is 1. The smallest absolute Gasteiger partial charge is 0.326 e. The molecule has 0 aliphatic heterocycles. The van der Waals surface area contributed by atoms with Crippen LogP contribution in [0.5, 0.6) is 0 Å². The fourth-order valence-electron chi connectivity index (χ4n) is 3.13. The number of carbonyl (C=O) groups excluding carboxylic acids is 1. The molecule has 2 aromatic carbocycles. The number of nitrogens with zero attached hydrogens (tertiary/aromatic N) is 3. The number of carbonyl (C=O) groups is 3. The van der Waals surface area contributed by atoms with E-state index in [-0.39, 0.29) is 18.2 Å². The van der Waals surface area contributed by atoms with Gasteiger partial charge in [0.15, 0.2) is 0 Å². The van der Waals surface area contributed by atoms with Crippen molar-refractivity contribution < 1.29 is 24.6 Å². The minimum atomic E-state index is -1.43. The minimum Gasteiger partial charge on any atom is -0.481 e. The number of amides is 1. The quantitative estimate of drug-likeness (QED) is 0.460. The molecule has 10 heteroatoms. The van der Waals surface area contributed by atoms with Crippen molar-refractivity contribution in [2.24, 2.45) is 0 Å². The van der Waals surface area contributed by atoms with Crippen molar-refractivity contribution >= 4 is 28.7 Å². The van der Waals surface area contributed by atoms with Gasteiger partial charge < -0.3 is 15.5 Å². The molecule has 2 atom stereocenters. The summed E-state index contributed by atoms with van der Waals surface area (Å²) in [4.78, 5) is 48.3. The molecule has 0 aliphatic carbocycles. The lowest BCUT2D eigenvalue weighted by atomic mass is 10.0. The van der Waals surface area contributed by atoms with E-state index in [0.717, 1.165) is 10.2 Å². The van der Waals surface area contributed by atoms with Crippen molar-refractivity contribution in [3.63, 3.8) is 0 Å². The highest BCUT2D eigenvalue weighted by Crippen LogP contribution is 2.15. The molecule has 3 rings (SSSR count). The molecule has 0 radical (unpaired) electrons. The van der Waals surface area contributed by atoms with E-state index in [4.69, 9.17) is 5.11 Å². The lowest BCUT2D eigenvalue weighted by Crippen LogP contribution is -2.47. The highest BCUT2D eigenvalue weighted by molar-refractivity contribution is 5.86. The van der Waals surface area contributed by atoms with E-state index in [1.165, 1.54) is 0 Å². The summed E-state index contributed by atoms with van der Waals surface area (Å²) >= 11 is 0. The van der Waals surface area contributed by atoms with Crippen molar-refractivity contribution in [3.05, 3.63) is 70.5 Å². The van der Waals surface area contributed by atoms with Gasteiger partial charge in [0.25, 0.3) is 5.56 Å². The molecule has 31 heavy (non-hydrogen) atoms. The largest absolute Gasteiger partial charge is 0.481 e.